The third-order valence-corrected chi connectivity index (χ3v) is 4.18. The van der Waals surface area contributed by atoms with E-state index >= 15 is 0 Å². The van der Waals surface area contributed by atoms with E-state index in [9.17, 15) is 10.1 Å². The molecule has 0 aliphatic carbocycles. The van der Waals surface area contributed by atoms with Crippen molar-refractivity contribution in [1.82, 2.24) is 4.37 Å². The quantitative estimate of drug-likeness (QED) is 0.496. The van der Waals surface area contributed by atoms with Crippen molar-refractivity contribution in [3.8, 4) is 5.75 Å². The second-order valence-corrected chi connectivity index (χ2v) is 5.26. The van der Waals surface area contributed by atoms with Crippen LogP contribution >= 0.6 is 32.5 Å². The largest absolute Gasteiger partial charge is 0.494 e. The molecule has 0 fully saturated rings. The lowest BCUT2D eigenvalue weighted by atomic mass is 10.2. The first-order valence-electron chi connectivity index (χ1n) is 4.60. The van der Waals surface area contributed by atoms with Crippen LogP contribution in [0.3, 0.4) is 0 Å². The van der Waals surface area contributed by atoms with Gasteiger partial charge in [0.25, 0.3) is 5.69 Å². The van der Waals surface area contributed by atoms with Crippen molar-refractivity contribution in [2.75, 3.05) is 7.11 Å². The first kappa shape index (κ1) is 12.9. The highest BCUT2D eigenvalue weighted by Gasteiger charge is 2.11. The molecule has 0 aliphatic heterocycles. The standard InChI is InChI=1S/C9H6ClN3O3S2/c1-16-7-4-5(13(14)15)2-3-6(7)11-9-8(10)12-18-17-9/h2-4H,1H3. The first-order chi connectivity index (χ1) is 8.61. The molecule has 6 nitrogen and oxygen atoms in total. The van der Waals surface area contributed by atoms with Crippen molar-refractivity contribution in [3.63, 3.8) is 0 Å². The van der Waals surface area contributed by atoms with Crippen LogP contribution in [0.4, 0.5) is 11.4 Å². The molecule has 0 amide bonds. The zero-order valence-corrected chi connectivity index (χ0v) is 11.4. The maximum Gasteiger partial charge on any atom is 0.273 e. The Hall–Kier alpha value is -1.51. The van der Waals surface area contributed by atoms with Crippen molar-refractivity contribution in [2.45, 2.75) is 0 Å². The van der Waals surface area contributed by atoms with Gasteiger partial charge in [0.15, 0.2) is 15.6 Å². The smallest absolute Gasteiger partial charge is 0.273 e. The SMILES string of the molecule is COc1cc([N+](=O)[O-])ccc1N=c1ssnc1Cl. The summed E-state index contributed by atoms with van der Waals surface area (Å²) in [6.07, 6.45) is 0. The molecule has 0 aliphatic rings. The number of hydrogen-bond acceptors (Lipinski definition) is 7. The number of benzene rings is 1. The second kappa shape index (κ2) is 5.42. The van der Waals surface area contributed by atoms with Crippen LogP contribution in [0.5, 0.6) is 5.75 Å². The average molecular weight is 304 g/mol. The Morgan fingerprint density at radius 1 is 1.56 bits per heavy atom. The Kier molecular flexibility index (Phi) is 3.90. The summed E-state index contributed by atoms with van der Waals surface area (Å²) in [5, 5.41) is 11.0. The number of nitro benzene ring substituents is 1. The topological polar surface area (TPSA) is 77.6 Å². The highest BCUT2D eigenvalue weighted by Crippen LogP contribution is 2.31. The van der Waals surface area contributed by atoms with Crippen LogP contribution in [0.1, 0.15) is 0 Å². The van der Waals surface area contributed by atoms with E-state index in [-0.39, 0.29) is 5.69 Å². The average Bonchev–Trinajstić information content (AvgIpc) is 2.75. The highest BCUT2D eigenvalue weighted by atomic mass is 35.5. The van der Waals surface area contributed by atoms with Gasteiger partial charge >= 0.3 is 0 Å². The maximum atomic E-state index is 10.6. The predicted molar refractivity (Wildman–Crippen MR) is 69.9 cm³/mol. The molecule has 1 aromatic heterocycles. The summed E-state index contributed by atoms with van der Waals surface area (Å²) < 4.78 is 9.52. The van der Waals surface area contributed by atoms with Crippen LogP contribution in [0.15, 0.2) is 23.2 Å². The Bertz CT molecular complexity index is 653. The van der Waals surface area contributed by atoms with Gasteiger partial charge in [0.05, 0.1) is 18.1 Å². The van der Waals surface area contributed by atoms with Crippen molar-refractivity contribution >= 4 is 43.9 Å². The van der Waals surface area contributed by atoms with Gasteiger partial charge in [-0.2, -0.15) is 4.37 Å². The number of halogens is 1. The molecule has 0 saturated carbocycles. The summed E-state index contributed by atoms with van der Waals surface area (Å²) in [6, 6.07) is 4.19. The molecule has 0 unspecified atom stereocenters. The van der Waals surface area contributed by atoms with E-state index in [4.69, 9.17) is 16.3 Å². The van der Waals surface area contributed by atoms with Crippen molar-refractivity contribution in [1.29, 1.82) is 0 Å². The van der Waals surface area contributed by atoms with E-state index in [0.29, 0.717) is 21.3 Å². The second-order valence-electron chi connectivity index (χ2n) is 3.07. The maximum absolute atomic E-state index is 10.6. The lowest BCUT2D eigenvalue weighted by Crippen LogP contribution is -1.95. The first-order valence-corrected chi connectivity index (χ1v) is 7.09. The third kappa shape index (κ3) is 2.66. The molecule has 1 heterocycles. The van der Waals surface area contributed by atoms with Crippen LogP contribution in [0, 0.1) is 10.1 Å². The third-order valence-electron chi connectivity index (χ3n) is 2.01. The molecule has 2 rings (SSSR count). The van der Waals surface area contributed by atoms with E-state index in [1.54, 1.807) is 0 Å². The Labute approximate surface area is 114 Å². The van der Waals surface area contributed by atoms with Gasteiger partial charge in [0, 0.05) is 16.6 Å². The van der Waals surface area contributed by atoms with Crippen LogP contribution in [-0.2, 0) is 0 Å². The molecule has 1 aromatic carbocycles. The van der Waals surface area contributed by atoms with E-state index in [1.165, 1.54) is 46.2 Å². The van der Waals surface area contributed by atoms with Crippen LogP contribution in [0.2, 0.25) is 5.15 Å². The molecule has 18 heavy (non-hydrogen) atoms. The van der Waals surface area contributed by atoms with E-state index in [2.05, 4.69) is 9.37 Å². The van der Waals surface area contributed by atoms with Gasteiger partial charge in [0.2, 0.25) is 0 Å². The number of non-ortho nitro benzene ring substituents is 1. The molecule has 0 bridgehead atoms. The summed E-state index contributed by atoms with van der Waals surface area (Å²) >= 11 is 5.83. The zero-order chi connectivity index (χ0) is 13.1. The normalized spacial score (nSPS) is 11.6. The molecule has 0 radical (unpaired) electrons. The monoisotopic (exact) mass is 303 g/mol. The summed E-state index contributed by atoms with van der Waals surface area (Å²) in [5.74, 6) is 0.318. The molecule has 0 spiro atoms. The minimum Gasteiger partial charge on any atom is -0.494 e. The summed E-state index contributed by atoms with van der Waals surface area (Å²) in [5.41, 5.74) is 0.422. The van der Waals surface area contributed by atoms with Gasteiger partial charge in [0.1, 0.15) is 5.69 Å². The molecule has 2 aromatic rings. The molecular weight excluding hydrogens is 298 g/mol. The fraction of sp³-hybridized carbons (Fsp3) is 0.111. The van der Waals surface area contributed by atoms with Crippen LogP contribution in [0.25, 0.3) is 0 Å². The number of methoxy groups -OCH3 is 1. The summed E-state index contributed by atoms with van der Waals surface area (Å²) in [4.78, 5) is 14.4. The number of nitrogens with zero attached hydrogens (tertiary/aromatic N) is 3. The van der Waals surface area contributed by atoms with Gasteiger partial charge in [-0.05, 0) is 16.4 Å². The number of rotatable bonds is 3. The Morgan fingerprint density at radius 2 is 2.33 bits per heavy atom. The van der Waals surface area contributed by atoms with Gasteiger partial charge in [-0.15, -0.1) is 0 Å². The molecule has 0 N–H and O–H groups in total. The fourth-order valence-electron chi connectivity index (χ4n) is 1.21. The van der Waals surface area contributed by atoms with Crippen molar-refractivity contribution in [2.24, 2.45) is 4.99 Å². The molecule has 94 valence electrons. The number of ether oxygens (including phenoxy) is 1. The molecule has 9 heteroatoms. The van der Waals surface area contributed by atoms with Gasteiger partial charge in [-0.25, -0.2) is 4.99 Å². The van der Waals surface area contributed by atoms with E-state index < -0.39 is 4.92 Å². The van der Waals surface area contributed by atoms with Gasteiger partial charge < -0.3 is 4.74 Å². The van der Waals surface area contributed by atoms with Crippen LogP contribution in [-0.4, -0.2) is 16.4 Å². The minimum atomic E-state index is -0.492. The lowest BCUT2D eigenvalue weighted by molar-refractivity contribution is -0.384. The van der Waals surface area contributed by atoms with Gasteiger partial charge in [-0.1, -0.05) is 11.6 Å². The molecule has 0 atom stereocenters. The molecular formula is C9H6ClN3O3S2. The number of hydrogen-bond donors (Lipinski definition) is 0. The van der Waals surface area contributed by atoms with Crippen molar-refractivity contribution in [3.05, 3.63) is 38.1 Å². The van der Waals surface area contributed by atoms with Gasteiger partial charge in [-0.3, -0.25) is 10.1 Å². The zero-order valence-electron chi connectivity index (χ0n) is 8.99. The fourth-order valence-corrected chi connectivity index (χ4v) is 3.19. The van der Waals surface area contributed by atoms with Crippen LogP contribution < -0.4 is 9.41 Å². The Morgan fingerprint density at radius 3 is 2.89 bits per heavy atom. The van der Waals surface area contributed by atoms with E-state index in [0.717, 1.165) is 0 Å². The van der Waals surface area contributed by atoms with E-state index in [1.807, 2.05) is 0 Å². The number of nitro groups is 1. The summed E-state index contributed by atoms with van der Waals surface area (Å²) in [7, 11) is 3.97. The minimum absolute atomic E-state index is 0.0518. The molecule has 0 saturated heterocycles. The number of aromatic nitrogens is 1. The predicted octanol–water partition coefficient (Wildman–Crippen LogP) is 3.01. The van der Waals surface area contributed by atoms with Crippen molar-refractivity contribution < 1.29 is 9.66 Å². The highest BCUT2D eigenvalue weighted by molar-refractivity contribution is 7.66. The summed E-state index contributed by atoms with van der Waals surface area (Å²) in [6.45, 7) is 0. The Balaban J connectivity index is 2.53. The lowest BCUT2D eigenvalue weighted by Gasteiger charge is -2.02.